The summed E-state index contributed by atoms with van der Waals surface area (Å²) >= 11 is 0. The number of methoxy groups -OCH3 is 2. The van der Waals surface area contributed by atoms with Crippen molar-refractivity contribution in [2.24, 2.45) is 0 Å². The molecule has 2 aromatic rings. The third-order valence-electron chi connectivity index (χ3n) is 7.02. The Morgan fingerprint density at radius 3 is 2.33 bits per heavy atom. The molecular formula is C29H36N2O10S. The van der Waals surface area contributed by atoms with E-state index in [1.807, 2.05) is 0 Å². The molecule has 1 amide bonds. The van der Waals surface area contributed by atoms with Crippen molar-refractivity contribution >= 4 is 21.9 Å². The first-order chi connectivity index (χ1) is 20.3. The summed E-state index contributed by atoms with van der Waals surface area (Å²) < 4.78 is 54.8. The van der Waals surface area contributed by atoms with Crippen molar-refractivity contribution < 1.29 is 46.8 Å². The van der Waals surface area contributed by atoms with Crippen LogP contribution in [0.4, 0.5) is 0 Å². The number of amides is 1. The Morgan fingerprint density at radius 2 is 1.71 bits per heavy atom. The third kappa shape index (κ3) is 7.66. The highest BCUT2D eigenvalue weighted by atomic mass is 32.2. The first-order valence-electron chi connectivity index (χ1n) is 13.6. The molecule has 0 bridgehead atoms. The number of esters is 1. The van der Waals surface area contributed by atoms with Crippen molar-refractivity contribution in [1.29, 1.82) is 0 Å². The Kier molecular flexibility index (Phi) is 10.9. The number of aliphatic hydroxyl groups excluding tert-OH is 1. The van der Waals surface area contributed by atoms with E-state index in [1.54, 1.807) is 47.4 Å². The van der Waals surface area contributed by atoms with Gasteiger partial charge >= 0.3 is 5.97 Å². The van der Waals surface area contributed by atoms with E-state index in [2.05, 4.69) is 0 Å². The van der Waals surface area contributed by atoms with Gasteiger partial charge in [-0.25, -0.2) is 13.2 Å². The van der Waals surface area contributed by atoms with Gasteiger partial charge in [-0.05, 0) is 48.0 Å². The molecule has 2 heterocycles. The lowest BCUT2D eigenvalue weighted by Crippen LogP contribution is -2.43. The smallest absolute Gasteiger partial charge is 0.337 e. The first-order valence-corrected chi connectivity index (χ1v) is 15.0. The first kappa shape index (κ1) is 31.4. The van der Waals surface area contributed by atoms with Crippen molar-refractivity contribution in [3.05, 3.63) is 71.5 Å². The van der Waals surface area contributed by atoms with Gasteiger partial charge in [-0.3, -0.25) is 4.79 Å². The van der Waals surface area contributed by atoms with Crippen LogP contribution in [-0.2, 0) is 33.8 Å². The molecule has 0 radical (unpaired) electrons. The minimum Gasteiger partial charge on any atom is -0.497 e. The standard InChI is InChI=1S/C29H36N2O10S/c1-37-24-7-9-25(10-8-24)42(35,36)31(11-15-32)14-18-40-27-20-23(21-3-5-22(6-4-21)29(34)38-2)19-26(41-27)28(33)30-12-16-39-17-13-30/h3-10,19,23,27,32H,11-18,20H2,1-2H3/t23-,27+/m1/s1. The zero-order valence-corrected chi connectivity index (χ0v) is 24.5. The average molecular weight is 605 g/mol. The fourth-order valence-electron chi connectivity index (χ4n) is 4.70. The number of ether oxygens (including phenoxy) is 5. The lowest BCUT2D eigenvalue weighted by atomic mass is 9.92. The quantitative estimate of drug-likeness (QED) is 0.356. The molecule has 1 N–H and O–H groups in total. The number of carbonyl (C=O) groups excluding carboxylic acids is 2. The molecule has 2 aromatic carbocycles. The minimum atomic E-state index is -3.92. The van der Waals surface area contributed by atoms with Crippen LogP contribution >= 0.6 is 0 Å². The second kappa shape index (κ2) is 14.6. The number of sulfonamides is 1. The fourth-order valence-corrected chi connectivity index (χ4v) is 6.11. The van der Waals surface area contributed by atoms with Crippen LogP contribution in [0.5, 0.6) is 5.75 Å². The highest BCUT2D eigenvalue weighted by Gasteiger charge is 2.32. The highest BCUT2D eigenvalue weighted by molar-refractivity contribution is 7.89. The fraction of sp³-hybridized carbons (Fsp3) is 0.448. The van der Waals surface area contributed by atoms with Crippen LogP contribution in [0.25, 0.3) is 0 Å². The summed E-state index contributed by atoms with van der Waals surface area (Å²) in [5.74, 6) is -0.358. The summed E-state index contributed by atoms with van der Waals surface area (Å²) in [5, 5.41) is 9.55. The molecule has 13 heteroatoms. The highest BCUT2D eigenvalue weighted by Crippen LogP contribution is 2.32. The van der Waals surface area contributed by atoms with Crippen LogP contribution in [0.15, 0.2) is 65.3 Å². The summed E-state index contributed by atoms with van der Waals surface area (Å²) in [6, 6.07) is 12.9. The molecule has 0 aromatic heterocycles. The predicted octanol–water partition coefficient (Wildman–Crippen LogP) is 1.75. The number of allylic oxidation sites excluding steroid dienone is 1. The van der Waals surface area contributed by atoms with E-state index in [4.69, 9.17) is 23.7 Å². The monoisotopic (exact) mass is 604 g/mol. The van der Waals surface area contributed by atoms with Crippen molar-refractivity contribution in [3.63, 3.8) is 0 Å². The normalized spacial score (nSPS) is 19.1. The van der Waals surface area contributed by atoms with E-state index in [-0.39, 0.29) is 48.8 Å². The third-order valence-corrected chi connectivity index (χ3v) is 8.93. The number of benzene rings is 2. The molecule has 12 nitrogen and oxygen atoms in total. The van der Waals surface area contributed by atoms with Gasteiger partial charge in [0.25, 0.3) is 5.91 Å². The molecule has 228 valence electrons. The van der Waals surface area contributed by atoms with Gasteiger partial charge in [0, 0.05) is 38.5 Å². The Labute approximate surface area is 245 Å². The molecule has 2 aliphatic heterocycles. The molecule has 1 saturated heterocycles. The van der Waals surface area contributed by atoms with E-state index in [0.29, 0.717) is 44.0 Å². The summed E-state index contributed by atoms with van der Waals surface area (Å²) in [6.07, 6.45) is 1.25. The number of carbonyl (C=O) groups is 2. The van der Waals surface area contributed by atoms with E-state index >= 15 is 0 Å². The van der Waals surface area contributed by atoms with Crippen molar-refractivity contribution in [3.8, 4) is 5.75 Å². The number of morpholine rings is 1. The van der Waals surface area contributed by atoms with Crippen molar-refractivity contribution in [2.75, 3.05) is 66.8 Å². The van der Waals surface area contributed by atoms with Gasteiger partial charge in [0.15, 0.2) is 5.76 Å². The molecular weight excluding hydrogens is 568 g/mol. The maximum absolute atomic E-state index is 13.3. The van der Waals surface area contributed by atoms with Gasteiger partial charge in [0.05, 0.1) is 51.1 Å². The maximum Gasteiger partial charge on any atom is 0.337 e. The molecule has 0 saturated carbocycles. The van der Waals surface area contributed by atoms with Crippen LogP contribution < -0.4 is 4.74 Å². The predicted molar refractivity (Wildman–Crippen MR) is 150 cm³/mol. The lowest BCUT2D eigenvalue weighted by molar-refractivity contribution is -0.155. The van der Waals surface area contributed by atoms with Crippen LogP contribution in [0.1, 0.15) is 28.3 Å². The summed E-state index contributed by atoms with van der Waals surface area (Å²) in [6.45, 7) is 1.13. The molecule has 0 unspecified atom stereocenters. The summed E-state index contributed by atoms with van der Waals surface area (Å²) in [4.78, 5) is 26.9. The lowest BCUT2D eigenvalue weighted by Gasteiger charge is -2.33. The van der Waals surface area contributed by atoms with Gasteiger partial charge in [0.1, 0.15) is 5.75 Å². The van der Waals surface area contributed by atoms with Crippen molar-refractivity contribution in [1.82, 2.24) is 9.21 Å². The van der Waals surface area contributed by atoms with Crippen molar-refractivity contribution in [2.45, 2.75) is 23.5 Å². The molecule has 0 aliphatic carbocycles. The Hall–Kier alpha value is -3.49. The number of rotatable bonds is 12. The molecule has 4 rings (SSSR count). The topological polar surface area (TPSA) is 141 Å². The van der Waals surface area contributed by atoms with Gasteiger partial charge in [-0.2, -0.15) is 4.31 Å². The number of nitrogens with zero attached hydrogens (tertiary/aromatic N) is 2. The molecule has 2 atom stereocenters. The summed E-state index contributed by atoms with van der Waals surface area (Å²) in [7, 11) is -1.12. The average Bonchev–Trinajstić information content (AvgIpc) is 3.04. The minimum absolute atomic E-state index is 0.0485. The van der Waals surface area contributed by atoms with Crippen LogP contribution in [-0.4, -0.2) is 108 Å². The van der Waals surface area contributed by atoms with E-state index in [0.717, 1.165) is 9.87 Å². The van der Waals surface area contributed by atoms with E-state index < -0.39 is 22.3 Å². The molecule has 0 spiro atoms. The number of aliphatic hydroxyl groups is 1. The van der Waals surface area contributed by atoms with Gasteiger partial charge in [-0.15, -0.1) is 0 Å². The SMILES string of the molecule is COC(=O)c1ccc([C@@H]2C=C(C(=O)N3CCOCC3)O[C@H](OCCN(CCO)S(=O)(=O)c3ccc(OC)cc3)C2)cc1. The largest absolute Gasteiger partial charge is 0.497 e. The van der Waals surface area contributed by atoms with Crippen LogP contribution in [0, 0.1) is 0 Å². The van der Waals surface area contributed by atoms with Crippen LogP contribution in [0.2, 0.25) is 0 Å². The zero-order valence-electron chi connectivity index (χ0n) is 23.6. The van der Waals surface area contributed by atoms with Gasteiger partial charge in [0.2, 0.25) is 16.3 Å². The Bertz CT molecular complexity index is 1340. The van der Waals surface area contributed by atoms with Gasteiger partial charge < -0.3 is 33.7 Å². The summed E-state index contributed by atoms with van der Waals surface area (Å²) in [5.41, 5.74) is 1.24. The molecule has 42 heavy (non-hydrogen) atoms. The zero-order chi connectivity index (χ0) is 30.1. The Morgan fingerprint density at radius 1 is 1.02 bits per heavy atom. The second-order valence-corrected chi connectivity index (χ2v) is 11.6. The maximum atomic E-state index is 13.3. The second-order valence-electron chi connectivity index (χ2n) is 9.61. The molecule has 2 aliphatic rings. The van der Waals surface area contributed by atoms with E-state index in [1.165, 1.54) is 26.4 Å². The number of hydrogen-bond donors (Lipinski definition) is 1. The van der Waals surface area contributed by atoms with Crippen LogP contribution in [0.3, 0.4) is 0 Å². The van der Waals surface area contributed by atoms with E-state index in [9.17, 15) is 23.1 Å². The Balaban J connectivity index is 1.48. The molecule has 1 fully saturated rings. The number of hydrogen-bond acceptors (Lipinski definition) is 10. The van der Waals surface area contributed by atoms with Gasteiger partial charge in [-0.1, -0.05) is 12.1 Å².